The van der Waals surface area contributed by atoms with E-state index in [-0.39, 0.29) is 0 Å². The third kappa shape index (κ3) is 4.58. The van der Waals surface area contributed by atoms with Crippen LogP contribution >= 0.6 is 15.9 Å². The number of nitrogens with one attached hydrogen (secondary N) is 1. The van der Waals surface area contributed by atoms with Gasteiger partial charge in [0.1, 0.15) is 0 Å². The quantitative estimate of drug-likeness (QED) is 0.805. The van der Waals surface area contributed by atoms with Crippen LogP contribution in [0.25, 0.3) is 0 Å². The van der Waals surface area contributed by atoms with E-state index in [9.17, 15) is 13.2 Å². The monoisotopic (exact) mass is 357 g/mol. The summed E-state index contributed by atoms with van der Waals surface area (Å²) in [6.45, 7) is 3.20. The van der Waals surface area contributed by atoms with Crippen LogP contribution in [-0.4, -0.2) is 0 Å². The van der Waals surface area contributed by atoms with E-state index < -0.39 is 11.7 Å². The summed E-state index contributed by atoms with van der Waals surface area (Å²) in [5.74, 6) is 0. The predicted octanol–water partition coefficient (Wildman–Crippen LogP) is 5.07. The molecule has 112 valence electrons. The fraction of sp³-hybridized carbons (Fsp3) is 0.250. The molecule has 0 aliphatic carbocycles. The Morgan fingerprint density at radius 1 is 1.00 bits per heavy atom. The molecule has 0 saturated heterocycles. The summed E-state index contributed by atoms with van der Waals surface area (Å²) in [6, 6.07) is 11.3. The number of hydrogen-bond acceptors (Lipinski definition) is 1. The van der Waals surface area contributed by atoms with Gasteiger partial charge in [-0.1, -0.05) is 40.2 Å². The largest absolute Gasteiger partial charge is 0.416 e. The van der Waals surface area contributed by atoms with Crippen molar-refractivity contribution in [2.24, 2.45) is 0 Å². The van der Waals surface area contributed by atoms with Crippen LogP contribution in [0, 0.1) is 6.92 Å². The van der Waals surface area contributed by atoms with Gasteiger partial charge in [0.15, 0.2) is 0 Å². The number of alkyl halides is 3. The maximum atomic E-state index is 12.4. The molecule has 1 nitrogen and oxygen atoms in total. The third-order valence-electron chi connectivity index (χ3n) is 3.13. The predicted molar refractivity (Wildman–Crippen MR) is 80.9 cm³/mol. The lowest BCUT2D eigenvalue weighted by molar-refractivity contribution is -0.137. The van der Waals surface area contributed by atoms with Crippen LogP contribution in [0.1, 0.15) is 22.3 Å². The summed E-state index contributed by atoms with van der Waals surface area (Å²) in [5.41, 5.74) is 2.50. The molecule has 1 N–H and O–H groups in total. The van der Waals surface area contributed by atoms with Crippen LogP contribution in [0.5, 0.6) is 0 Å². The summed E-state index contributed by atoms with van der Waals surface area (Å²) in [6.07, 6.45) is -4.28. The lowest BCUT2D eigenvalue weighted by atomic mass is 10.1. The van der Waals surface area contributed by atoms with Crippen molar-refractivity contribution in [3.05, 3.63) is 69.2 Å². The molecule has 2 rings (SSSR count). The fourth-order valence-corrected chi connectivity index (χ4v) is 2.58. The van der Waals surface area contributed by atoms with Gasteiger partial charge in [-0.2, -0.15) is 13.2 Å². The molecular formula is C16H15BrF3N. The van der Waals surface area contributed by atoms with Gasteiger partial charge in [-0.3, -0.25) is 0 Å². The van der Waals surface area contributed by atoms with Crippen molar-refractivity contribution in [2.75, 3.05) is 0 Å². The maximum Gasteiger partial charge on any atom is 0.416 e. The highest BCUT2D eigenvalue weighted by Crippen LogP contribution is 2.29. The molecule has 0 amide bonds. The third-order valence-corrected chi connectivity index (χ3v) is 3.87. The van der Waals surface area contributed by atoms with Crippen LogP contribution in [0.2, 0.25) is 0 Å². The molecule has 0 radical (unpaired) electrons. The van der Waals surface area contributed by atoms with Gasteiger partial charge >= 0.3 is 6.18 Å². The minimum Gasteiger partial charge on any atom is -0.309 e. The Labute approximate surface area is 130 Å². The Morgan fingerprint density at radius 3 is 2.24 bits per heavy atom. The minimum absolute atomic E-state index is 0.526. The molecule has 0 heterocycles. The average Bonchev–Trinajstić information content (AvgIpc) is 2.41. The molecule has 0 atom stereocenters. The van der Waals surface area contributed by atoms with Crippen molar-refractivity contribution < 1.29 is 13.2 Å². The minimum atomic E-state index is -4.28. The normalized spacial score (nSPS) is 11.7. The number of benzene rings is 2. The molecule has 0 aromatic heterocycles. The van der Waals surface area contributed by atoms with Crippen LogP contribution < -0.4 is 5.32 Å². The van der Waals surface area contributed by atoms with Gasteiger partial charge in [0.2, 0.25) is 0 Å². The number of hydrogen-bond donors (Lipinski definition) is 1. The SMILES string of the molecule is Cc1ccc(CNCc2ccc(C(F)(F)F)cc2)c(Br)c1. The first-order chi connectivity index (χ1) is 9.86. The van der Waals surface area contributed by atoms with E-state index in [1.54, 1.807) is 0 Å². The second-order valence-corrected chi connectivity index (χ2v) is 5.75. The van der Waals surface area contributed by atoms with Gasteiger partial charge in [0.05, 0.1) is 5.56 Å². The molecule has 0 fully saturated rings. The molecule has 21 heavy (non-hydrogen) atoms. The maximum absolute atomic E-state index is 12.4. The molecule has 2 aromatic rings. The van der Waals surface area contributed by atoms with E-state index in [2.05, 4.69) is 21.2 Å². The van der Waals surface area contributed by atoms with Crippen molar-refractivity contribution in [1.82, 2.24) is 5.32 Å². The van der Waals surface area contributed by atoms with Crippen LogP contribution in [0.4, 0.5) is 13.2 Å². The molecule has 0 aliphatic rings. The van der Waals surface area contributed by atoms with Crippen molar-refractivity contribution in [2.45, 2.75) is 26.2 Å². The number of rotatable bonds is 4. The zero-order valence-electron chi connectivity index (χ0n) is 11.5. The first kappa shape index (κ1) is 16.0. The number of aryl methyl sites for hydroxylation is 1. The summed E-state index contributed by atoms with van der Waals surface area (Å²) in [5, 5.41) is 3.23. The topological polar surface area (TPSA) is 12.0 Å². The standard InChI is InChI=1S/C16H15BrF3N/c1-11-2-5-13(15(17)8-11)10-21-9-12-3-6-14(7-4-12)16(18,19)20/h2-8,21H,9-10H2,1H3. The van der Waals surface area contributed by atoms with Crippen LogP contribution in [0.3, 0.4) is 0 Å². The molecule has 5 heteroatoms. The number of halogens is 4. The Morgan fingerprint density at radius 2 is 1.67 bits per heavy atom. The molecular weight excluding hydrogens is 343 g/mol. The summed E-state index contributed by atoms with van der Waals surface area (Å²) >= 11 is 3.50. The highest BCUT2D eigenvalue weighted by atomic mass is 79.9. The zero-order valence-corrected chi connectivity index (χ0v) is 13.1. The second kappa shape index (κ2) is 6.62. The fourth-order valence-electron chi connectivity index (χ4n) is 1.95. The highest BCUT2D eigenvalue weighted by molar-refractivity contribution is 9.10. The first-order valence-electron chi connectivity index (χ1n) is 6.48. The Hall–Kier alpha value is -1.33. The van der Waals surface area contributed by atoms with Crippen LogP contribution in [0.15, 0.2) is 46.9 Å². The average molecular weight is 358 g/mol. The second-order valence-electron chi connectivity index (χ2n) is 4.89. The van der Waals surface area contributed by atoms with Crippen LogP contribution in [-0.2, 0) is 19.3 Å². The van der Waals surface area contributed by atoms with E-state index in [1.807, 2.05) is 25.1 Å². The van der Waals surface area contributed by atoms with E-state index >= 15 is 0 Å². The van der Waals surface area contributed by atoms with Gasteiger partial charge in [-0.25, -0.2) is 0 Å². The molecule has 0 bridgehead atoms. The van der Waals surface area contributed by atoms with Gasteiger partial charge in [-0.05, 0) is 41.8 Å². The Kier molecular flexibility index (Phi) is 5.06. The van der Waals surface area contributed by atoms with Gasteiger partial charge in [-0.15, -0.1) is 0 Å². The van der Waals surface area contributed by atoms with Gasteiger partial charge < -0.3 is 5.32 Å². The lowest BCUT2D eigenvalue weighted by Gasteiger charge is -2.10. The smallest absolute Gasteiger partial charge is 0.309 e. The van der Waals surface area contributed by atoms with Crippen molar-refractivity contribution in [3.63, 3.8) is 0 Å². The van der Waals surface area contributed by atoms with E-state index in [1.165, 1.54) is 17.7 Å². The molecule has 0 saturated carbocycles. The molecule has 0 spiro atoms. The van der Waals surface area contributed by atoms with Crippen molar-refractivity contribution in [1.29, 1.82) is 0 Å². The van der Waals surface area contributed by atoms with Gasteiger partial charge in [0.25, 0.3) is 0 Å². The zero-order chi connectivity index (χ0) is 15.5. The molecule has 0 unspecified atom stereocenters. The summed E-state index contributed by atoms with van der Waals surface area (Å²) in [4.78, 5) is 0. The summed E-state index contributed by atoms with van der Waals surface area (Å²) < 4.78 is 38.4. The van der Waals surface area contributed by atoms with Crippen molar-refractivity contribution in [3.8, 4) is 0 Å². The molecule has 2 aromatic carbocycles. The highest BCUT2D eigenvalue weighted by Gasteiger charge is 2.29. The molecule has 0 aliphatic heterocycles. The van der Waals surface area contributed by atoms with E-state index in [0.717, 1.165) is 27.7 Å². The lowest BCUT2D eigenvalue weighted by Crippen LogP contribution is -2.13. The Bertz CT molecular complexity index is 606. The van der Waals surface area contributed by atoms with E-state index in [4.69, 9.17) is 0 Å². The Balaban J connectivity index is 1.91. The van der Waals surface area contributed by atoms with Gasteiger partial charge in [0, 0.05) is 17.6 Å². The first-order valence-corrected chi connectivity index (χ1v) is 7.27. The van der Waals surface area contributed by atoms with Crippen molar-refractivity contribution >= 4 is 15.9 Å². The van der Waals surface area contributed by atoms with E-state index in [0.29, 0.717) is 13.1 Å². The summed E-state index contributed by atoms with van der Waals surface area (Å²) in [7, 11) is 0.